The summed E-state index contributed by atoms with van der Waals surface area (Å²) in [6.07, 6.45) is 0.774. The Hall–Kier alpha value is -0.420. The van der Waals surface area contributed by atoms with Gasteiger partial charge in [-0.1, -0.05) is 27.7 Å². The Labute approximate surface area is 159 Å². The van der Waals surface area contributed by atoms with Crippen LogP contribution in [0.2, 0.25) is 0 Å². The summed E-state index contributed by atoms with van der Waals surface area (Å²) < 4.78 is 34.6. The molecule has 0 aromatic carbocycles. The molecule has 0 radical (unpaired) electrons. The van der Waals surface area contributed by atoms with E-state index in [2.05, 4.69) is 13.8 Å². The van der Waals surface area contributed by atoms with E-state index in [4.69, 9.17) is 18.3 Å². The lowest BCUT2D eigenvalue weighted by Gasteiger charge is -2.30. The fraction of sp³-hybridized carbons (Fsp3) is 0.947. The first-order chi connectivity index (χ1) is 11.5. The van der Waals surface area contributed by atoms with E-state index in [1.807, 2.05) is 13.8 Å². The van der Waals surface area contributed by atoms with Crippen molar-refractivity contribution in [3.63, 3.8) is 0 Å². The summed E-state index contributed by atoms with van der Waals surface area (Å²) in [6, 6.07) is 0. The number of carbonyl (C=O) groups excluding carboxylic acids is 1. The normalized spacial score (nSPS) is 14.8. The molecule has 0 bridgehead atoms. The first kappa shape index (κ1) is 25.6. The molecule has 0 aliphatic heterocycles. The van der Waals surface area contributed by atoms with Gasteiger partial charge in [-0.25, -0.2) is 4.57 Å². The van der Waals surface area contributed by atoms with Gasteiger partial charge in [0.25, 0.3) is 0 Å². The molecule has 7 heteroatoms. The number of hydrogen-bond donors (Lipinski definition) is 0. The average Bonchev–Trinajstić information content (AvgIpc) is 2.35. The maximum atomic E-state index is 12.9. The van der Waals surface area contributed by atoms with E-state index < -0.39 is 19.0 Å². The second-order valence-corrected chi connectivity index (χ2v) is 10.9. The second-order valence-electron chi connectivity index (χ2n) is 9.34. The predicted molar refractivity (Wildman–Crippen MR) is 104 cm³/mol. The molecule has 0 fully saturated rings. The molecule has 0 rings (SSSR count). The summed E-state index contributed by atoms with van der Waals surface area (Å²) in [5.41, 5.74) is -1.39. The Bertz CT molecular complexity index is 453. The smallest absolute Gasteiger partial charge is 0.463 e. The van der Waals surface area contributed by atoms with E-state index in [-0.39, 0.29) is 31.0 Å². The SMILES string of the molecule is CC(C)CC(C(=O)OCCOP(=O)(OC(C)(C)C)OC(C)(C)C)C(C)C. The third kappa shape index (κ3) is 12.1. The minimum atomic E-state index is -3.78. The standard InChI is InChI=1S/C19H39O6P/c1-14(2)13-16(15(3)4)17(20)22-11-12-23-26(21,24-18(5,6)7)25-19(8,9)10/h14-16H,11-13H2,1-10H3. The van der Waals surface area contributed by atoms with E-state index in [0.29, 0.717) is 5.92 Å². The van der Waals surface area contributed by atoms with Crippen molar-refractivity contribution in [2.24, 2.45) is 17.8 Å². The van der Waals surface area contributed by atoms with Gasteiger partial charge in [0, 0.05) is 0 Å². The number of carbonyl (C=O) groups is 1. The highest BCUT2D eigenvalue weighted by atomic mass is 31.2. The lowest BCUT2D eigenvalue weighted by atomic mass is 9.88. The van der Waals surface area contributed by atoms with Crippen molar-refractivity contribution in [1.29, 1.82) is 0 Å². The molecule has 0 heterocycles. The Balaban J connectivity index is 4.71. The third-order valence-electron chi connectivity index (χ3n) is 3.18. The van der Waals surface area contributed by atoms with Crippen LogP contribution in [0.5, 0.6) is 0 Å². The summed E-state index contributed by atoms with van der Waals surface area (Å²) >= 11 is 0. The topological polar surface area (TPSA) is 71.1 Å². The first-order valence-corrected chi connectivity index (χ1v) is 10.8. The molecule has 0 saturated heterocycles. The predicted octanol–water partition coefficient (Wildman–Crippen LogP) is 5.60. The van der Waals surface area contributed by atoms with Crippen LogP contribution in [-0.2, 0) is 27.7 Å². The Morgan fingerprint density at radius 3 is 1.69 bits per heavy atom. The number of rotatable bonds is 10. The molecule has 0 aliphatic rings. The van der Waals surface area contributed by atoms with Crippen LogP contribution in [0.3, 0.4) is 0 Å². The third-order valence-corrected chi connectivity index (χ3v) is 5.22. The minimum Gasteiger partial charge on any atom is -0.463 e. The van der Waals surface area contributed by atoms with Crippen molar-refractivity contribution >= 4 is 13.8 Å². The lowest BCUT2D eigenvalue weighted by Crippen LogP contribution is -2.27. The van der Waals surface area contributed by atoms with E-state index in [9.17, 15) is 9.36 Å². The van der Waals surface area contributed by atoms with Crippen LogP contribution >= 0.6 is 7.82 Å². The molecule has 0 saturated carbocycles. The second kappa shape index (κ2) is 10.2. The molecule has 26 heavy (non-hydrogen) atoms. The van der Waals surface area contributed by atoms with Gasteiger partial charge in [0.15, 0.2) is 0 Å². The van der Waals surface area contributed by atoms with Gasteiger partial charge in [-0.3, -0.25) is 18.4 Å². The highest BCUT2D eigenvalue weighted by Crippen LogP contribution is 2.55. The molecule has 6 nitrogen and oxygen atoms in total. The Morgan fingerprint density at radius 1 is 0.885 bits per heavy atom. The van der Waals surface area contributed by atoms with Crippen molar-refractivity contribution in [3.8, 4) is 0 Å². The maximum Gasteiger partial charge on any atom is 0.475 e. The molecule has 0 aromatic rings. The molecular formula is C19H39O6P. The van der Waals surface area contributed by atoms with Crippen LogP contribution in [0.1, 0.15) is 75.7 Å². The molecule has 0 spiro atoms. The van der Waals surface area contributed by atoms with Gasteiger partial charge in [0.1, 0.15) is 6.61 Å². The van der Waals surface area contributed by atoms with E-state index >= 15 is 0 Å². The highest BCUT2D eigenvalue weighted by Gasteiger charge is 2.37. The maximum absolute atomic E-state index is 12.9. The lowest BCUT2D eigenvalue weighted by molar-refractivity contribution is -0.152. The van der Waals surface area contributed by atoms with Gasteiger partial charge < -0.3 is 4.74 Å². The molecule has 0 amide bonds. The number of ether oxygens (including phenoxy) is 1. The van der Waals surface area contributed by atoms with E-state index in [0.717, 1.165) is 6.42 Å². The number of esters is 1. The quantitative estimate of drug-likeness (QED) is 0.273. The van der Waals surface area contributed by atoms with Crippen molar-refractivity contribution in [2.75, 3.05) is 13.2 Å². The molecule has 1 atom stereocenters. The van der Waals surface area contributed by atoms with Crippen LogP contribution in [0, 0.1) is 17.8 Å². The van der Waals surface area contributed by atoms with Crippen molar-refractivity contribution in [1.82, 2.24) is 0 Å². The van der Waals surface area contributed by atoms with Crippen LogP contribution in [0.25, 0.3) is 0 Å². The van der Waals surface area contributed by atoms with Crippen LogP contribution in [0.4, 0.5) is 0 Å². The largest absolute Gasteiger partial charge is 0.475 e. The molecule has 0 aromatic heterocycles. The zero-order chi connectivity index (χ0) is 20.8. The van der Waals surface area contributed by atoms with Crippen molar-refractivity contribution in [3.05, 3.63) is 0 Å². The summed E-state index contributed by atoms with van der Waals surface area (Å²) in [6.45, 7) is 18.8. The van der Waals surface area contributed by atoms with Gasteiger partial charge in [-0.15, -0.1) is 0 Å². The van der Waals surface area contributed by atoms with Crippen LogP contribution < -0.4 is 0 Å². The van der Waals surface area contributed by atoms with Gasteiger partial charge in [0.05, 0.1) is 23.7 Å². The van der Waals surface area contributed by atoms with Crippen molar-refractivity contribution in [2.45, 2.75) is 86.9 Å². The number of phosphoric acid groups is 1. The Kier molecular flexibility index (Phi) is 10.0. The zero-order valence-corrected chi connectivity index (χ0v) is 19.1. The van der Waals surface area contributed by atoms with Crippen LogP contribution in [0.15, 0.2) is 0 Å². The molecule has 156 valence electrons. The average molecular weight is 394 g/mol. The first-order valence-electron chi connectivity index (χ1n) is 9.37. The fourth-order valence-electron chi connectivity index (χ4n) is 2.29. The van der Waals surface area contributed by atoms with Crippen molar-refractivity contribution < 1.29 is 27.7 Å². The minimum absolute atomic E-state index is 0.00510. The molecule has 0 aliphatic carbocycles. The van der Waals surface area contributed by atoms with Gasteiger partial charge in [-0.05, 0) is 59.8 Å². The fourth-order valence-corrected chi connectivity index (χ4v) is 4.07. The zero-order valence-electron chi connectivity index (χ0n) is 18.3. The summed E-state index contributed by atoms with van der Waals surface area (Å²) in [5, 5.41) is 0. The van der Waals surface area contributed by atoms with Gasteiger partial charge >= 0.3 is 13.8 Å². The molecular weight excluding hydrogens is 355 g/mol. The Morgan fingerprint density at radius 2 is 1.35 bits per heavy atom. The van der Waals surface area contributed by atoms with Gasteiger partial charge in [-0.2, -0.15) is 0 Å². The number of phosphoric ester groups is 1. The molecule has 1 unspecified atom stereocenters. The number of hydrogen-bond acceptors (Lipinski definition) is 6. The highest BCUT2D eigenvalue weighted by molar-refractivity contribution is 7.48. The molecule has 0 N–H and O–H groups in total. The summed E-state index contributed by atoms with van der Waals surface area (Å²) in [5.74, 6) is 0.205. The van der Waals surface area contributed by atoms with E-state index in [1.165, 1.54) is 0 Å². The van der Waals surface area contributed by atoms with Crippen LogP contribution in [-0.4, -0.2) is 30.4 Å². The monoisotopic (exact) mass is 394 g/mol. The summed E-state index contributed by atoms with van der Waals surface area (Å²) in [4.78, 5) is 12.3. The van der Waals surface area contributed by atoms with Gasteiger partial charge in [0.2, 0.25) is 0 Å². The van der Waals surface area contributed by atoms with E-state index in [1.54, 1.807) is 41.5 Å². The summed E-state index contributed by atoms with van der Waals surface area (Å²) in [7, 11) is -3.78.